The summed E-state index contributed by atoms with van der Waals surface area (Å²) in [7, 11) is 0. The number of pyridine rings is 1. The maximum Gasteiger partial charge on any atom is 0.275 e. The van der Waals surface area contributed by atoms with Gasteiger partial charge >= 0.3 is 0 Å². The van der Waals surface area contributed by atoms with E-state index in [1.807, 2.05) is 29.7 Å². The van der Waals surface area contributed by atoms with Crippen molar-refractivity contribution >= 4 is 23.2 Å². The second-order valence-corrected chi connectivity index (χ2v) is 7.96. The molecule has 0 spiro atoms. The van der Waals surface area contributed by atoms with Gasteiger partial charge in [0.2, 0.25) is 0 Å². The van der Waals surface area contributed by atoms with Gasteiger partial charge in [-0.2, -0.15) is 0 Å². The zero-order chi connectivity index (χ0) is 22.1. The second-order valence-electron chi connectivity index (χ2n) is 7.96. The molecule has 32 heavy (non-hydrogen) atoms. The van der Waals surface area contributed by atoms with Crippen LogP contribution < -0.4 is 10.2 Å². The van der Waals surface area contributed by atoms with Crippen molar-refractivity contribution in [2.45, 2.75) is 26.2 Å². The zero-order valence-electron chi connectivity index (χ0n) is 17.8. The smallest absolute Gasteiger partial charge is 0.275 e. The van der Waals surface area contributed by atoms with Gasteiger partial charge in [0.05, 0.1) is 0 Å². The van der Waals surface area contributed by atoms with Gasteiger partial charge in [-0.25, -0.2) is 19.3 Å². The molecule has 7 nitrogen and oxygen atoms in total. The number of nitrogens with zero attached hydrogens (tertiary/aromatic N) is 5. The first kappa shape index (κ1) is 20.1. The first-order valence-corrected chi connectivity index (χ1v) is 10.7. The number of aryl methyl sites for hydroxylation is 1. The van der Waals surface area contributed by atoms with E-state index in [1.54, 1.807) is 18.2 Å². The lowest BCUT2D eigenvalue weighted by Gasteiger charge is -2.27. The van der Waals surface area contributed by atoms with Crippen LogP contribution in [0.25, 0.3) is 16.9 Å². The number of piperidine rings is 1. The van der Waals surface area contributed by atoms with E-state index in [1.165, 1.54) is 24.9 Å². The number of nitrogens with one attached hydrogen (secondary N) is 1. The predicted molar refractivity (Wildman–Crippen MR) is 121 cm³/mol. The quantitative estimate of drug-likeness (QED) is 0.517. The largest absolute Gasteiger partial charge is 0.357 e. The molecule has 3 aromatic heterocycles. The average Bonchev–Trinajstić information content (AvgIpc) is 3.20. The Labute approximate surface area is 185 Å². The fourth-order valence-corrected chi connectivity index (χ4v) is 4.07. The fraction of sp³-hybridized carbons (Fsp3) is 0.250. The first-order valence-electron chi connectivity index (χ1n) is 10.7. The summed E-state index contributed by atoms with van der Waals surface area (Å²) in [6.45, 7) is 3.82. The van der Waals surface area contributed by atoms with E-state index in [0.717, 1.165) is 43.0 Å². The summed E-state index contributed by atoms with van der Waals surface area (Å²) >= 11 is 0. The molecule has 4 aromatic rings. The van der Waals surface area contributed by atoms with Gasteiger partial charge in [0.15, 0.2) is 0 Å². The summed E-state index contributed by atoms with van der Waals surface area (Å²) < 4.78 is 15.3. The highest BCUT2D eigenvalue weighted by Gasteiger charge is 2.20. The Morgan fingerprint density at radius 3 is 2.62 bits per heavy atom. The van der Waals surface area contributed by atoms with Crippen molar-refractivity contribution in [3.63, 3.8) is 0 Å². The molecule has 0 radical (unpaired) electrons. The summed E-state index contributed by atoms with van der Waals surface area (Å²) in [4.78, 5) is 28.7. The van der Waals surface area contributed by atoms with Crippen molar-refractivity contribution in [3.8, 4) is 11.3 Å². The van der Waals surface area contributed by atoms with Crippen molar-refractivity contribution in [2.24, 2.45) is 0 Å². The van der Waals surface area contributed by atoms with Gasteiger partial charge in [-0.3, -0.25) is 9.20 Å². The molecule has 0 aliphatic carbocycles. The lowest BCUT2D eigenvalue weighted by molar-refractivity contribution is 0.102. The van der Waals surface area contributed by atoms with Gasteiger partial charge in [-0.05, 0) is 62.1 Å². The number of hydrogen-bond acceptors (Lipinski definition) is 5. The maximum absolute atomic E-state index is 13.5. The number of hydrogen-bond donors (Lipinski definition) is 1. The van der Waals surface area contributed by atoms with Crippen LogP contribution in [0, 0.1) is 12.7 Å². The van der Waals surface area contributed by atoms with Crippen LogP contribution in [0.2, 0.25) is 0 Å². The second kappa shape index (κ2) is 8.37. The van der Waals surface area contributed by atoms with E-state index in [4.69, 9.17) is 4.98 Å². The molecule has 0 bridgehead atoms. The Hall–Kier alpha value is -3.81. The van der Waals surface area contributed by atoms with Crippen LogP contribution >= 0.6 is 0 Å². The number of anilines is 2. The minimum absolute atomic E-state index is 0.285. The molecular weight excluding hydrogens is 407 g/mol. The molecule has 4 heterocycles. The van der Waals surface area contributed by atoms with Gasteiger partial charge in [0, 0.05) is 30.9 Å². The molecule has 5 rings (SSSR count). The lowest BCUT2D eigenvalue weighted by atomic mass is 10.1. The third kappa shape index (κ3) is 3.79. The van der Waals surface area contributed by atoms with Crippen LogP contribution in [0.3, 0.4) is 0 Å². The number of carbonyl (C=O) groups is 1. The molecular formula is C24H23FN6O. The van der Waals surface area contributed by atoms with Gasteiger partial charge in [-0.15, -0.1) is 0 Å². The Balaban J connectivity index is 1.52. The number of fused-ring (bicyclic) bond motifs is 1. The normalized spacial score (nSPS) is 14.0. The Morgan fingerprint density at radius 1 is 1.06 bits per heavy atom. The van der Waals surface area contributed by atoms with Crippen molar-refractivity contribution in [1.82, 2.24) is 19.4 Å². The monoisotopic (exact) mass is 430 g/mol. The maximum atomic E-state index is 13.5. The molecule has 0 saturated carbocycles. The number of imidazole rings is 1. The van der Waals surface area contributed by atoms with Gasteiger partial charge in [0.1, 0.15) is 40.8 Å². The molecule has 1 fully saturated rings. The summed E-state index contributed by atoms with van der Waals surface area (Å²) in [5, 5.41) is 2.98. The highest BCUT2D eigenvalue weighted by Crippen LogP contribution is 2.30. The molecule has 1 amide bonds. The molecule has 1 aromatic carbocycles. The number of carbonyl (C=O) groups excluding carboxylic acids is 1. The number of halogens is 1. The Kier molecular flexibility index (Phi) is 5.26. The number of amides is 1. The van der Waals surface area contributed by atoms with Gasteiger partial charge in [-0.1, -0.05) is 6.07 Å². The van der Waals surface area contributed by atoms with E-state index in [9.17, 15) is 9.18 Å². The van der Waals surface area contributed by atoms with Crippen LogP contribution in [0.1, 0.15) is 35.3 Å². The van der Waals surface area contributed by atoms with Crippen LogP contribution in [0.5, 0.6) is 0 Å². The van der Waals surface area contributed by atoms with Crippen molar-refractivity contribution < 1.29 is 9.18 Å². The summed E-state index contributed by atoms with van der Waals surface area (Å²) in [6, 6.07) is 11.7. The minimum Gasteiger partial charge on any atom is -0.357 e. The van der Waals surface area contributed by atoms with E-state index in [-0.39, 0.29) is 17.4 Å². The third-order valence-electron chi connectivity index (χ3n) is 5.76. The van der Waals surface area contributed by atoms with Crippen LogP contribution in [-0.4, -0.2) is 38.3 Å². The number of aromatic nitrogens is 4. The Morgan fingerprint density at radius 2 is 1.84 bits per heavy atom. The molecule has 1 saturated heterocycles. The highest BCUT2D eigenvalue weighted by atomic mass is 19.1. The van der Waals surface area contributed by atoms with Crippen LogP contribution in [0.15, 0.2) is 55.0 Å². The van der Waals surface area contributed by atoms with Crippen LogP contribution in [0.4, 0.5) is 16.0 Å². The number of rotatable bonds is 4. The lowest BCUT2D eigenvalue weighted by Crippen LogP contribution is -2.30. The summed E-state index contributed by atoms with van der Waals surface area (Å²) in [5.41, 5.74) is 3.25. The third-order valence-corrected chi connectivity index (χ3v) is 5.76. The fourth-order valence-electron chi connectivity index (χ4n) is 4.07. The van der Waals surface area contributed by atoms with Gasteiger partial charge < -0.3 is 10.2 Å². The highest BCUT2D eigenvalue weighted by molar-refractivity contribution is 6.05. The Bertz CT molecular complexity index is 1280. The van der Waals surface area contributed by atoms with Crippen molar-refractivity contribution in [1.29, 1.82) is 0 Å². The topological polar surface area (TPSA) is 75.4 Å². The molecule has 1 aliphatic rings. The molecule has 1 N–H and O–H groups in total. The van der Waals surface area contributed by atoms with Crippen molar-refractivity contribution in [3.05, 3.63) is 72.1 Å². The van der Waals surface area contributed by atoms with Gasteiger partial charge in [0.25, 0.3) is 5.91 Å². The SMILES string of the molecule is Cc1cccn2c(NC(=O)c3cc(N4CCCCC4)ncn3)c(-c3ccc(F)cc3)nc12. The van der Waals surface area contributed by atoms with E-state index >= 15 is 0 Å². The van der Waals surface area contributed by atoms with Crippen LogP contribution in [-0.2, 0) is 0 Å². The van der Waals surface area contributed by atoms with Crippen molar-refractivity contribution in [2.75, 3.05) is 23.3 Å². The van der Waals surface area contributed by atoms with E-state index in [0.29, 0.717) is 17.1 Å². The zero-order valence-corrected chi connectivity index (χ0v) is 17.8. The molecule has 162 valence electrons. The molecule has 0 unspecified atom stereocenters. The standard InChI is InChI=1S/C24H23FN6O/c1-16-6-5-13-31-22(16)28-21(17-7-9-18(25)10-8-17)23(31)29-24(32)19-14-20(27-15-26-19)30-11-3-2-4-12-30/h5-10,13-15H,2-4,11-12H2,1H3,(H,29,32). The summed E-state index contributed by atoms with van der Waals surface area (Å²) in [5.74, 6) is 0.596. The molecule has 0 atom stereocenters. The van der Waals surface area contributed by atoms with E-state index < -0.39 is 0 Å². The predicted octanol–water partition coefficient (Wildman–Crippen LogP) is 4.48. The average molecular weight is 430 g/mol. The minimum atomic E-state index is -0.350. The summed E-state index contributed by atoms with van der Waals surface area (Å²) in [6.07, 6.45) is 6.73. The van der Waals surface area contributed by atoms with E-state index in [2.05, 4.69) is 20.2 Å². The first-order chi connectivity index (χ1) is 15.6. The molecule has 1 aliphatic heterocycles. The molecule has 8 heteroatoms. The number of benzene rings is 1.